The summed E-state index contributed by atoms with van der Waals surface area (Å²) in [4.78, 5) is 39.8. The second-order valence-electron chi connectivity index (χ2n) is 13.5. The first kappa shape index (κ1) is 41.6. The van der Waals surface area contributed by atoms with Gasteiger partial charge in [0.1, 0.15) is 11.7 Å². The first-order chi connectivity index (χ1) is 22.7. The van der Waals surface area contributed by atoms with E-state index in [0.29, 0.717) is 11.1 Å². The molecule has 0 bridgehead atoms. The normalized spacial score (nSPS) is 28.0. The third kappa shape index (κ3) is 8.25. The first-order valence-corrected chi connectivity index (χ1v) is 16.3. The Kier molecular flexibility index (Phi) is 14.3. The van der Waals surface area contributed by atoms with Crippen molar-refractivity contribution < 1.29 is 49.6 Å². The average molecular weight is 690 g/mol. The molecule has 2 fully saturated rings. The van der Waals surface area contributed by atoms with Gasteiger partial charge in [-0.05, 0) is 65.0 Å². The SMILES string of the molecule is CO[C@@H](C[C@@H](C)[C@@H](O)/C=C/C=C/CNC(=O)C(C)(C)[C@H](O)C(C)=CC=CC=CC(C)=C(C)N(O)O)[C@]1(O)[C@@H](C)C(=O)N(C)[C@]12C(=O)O[C@@H]2C. The Hall–Kier alpha value is -3.59. The minimum Gasteiger partial charge on any atom is -0.457 e. The molecule has 2 amide bonds. The van der Waals surface area contributed by atoms with Crippen molar-refractivity contribution in [3.05, 3.63) is 71.5 Å². The fourth-order valence-electron chi connectivity index (χ4n) is 6.48. The molecule has 1 spiro atoms. The highest BCUT2D eigenvalue weighted by molar-refractivity contribution is 5.99. The lowest BCUT2D eigenvalue weighted by atomic mass is 9.65. The van der Waals surface area contributed by atoms with Crippen molar-refractivity contribution in [3.8, 4) is 0 Å². The number of methoxy groups -OCH3 is 1. The highest BCUT2D eigenvalue weighted by Crippen LogP contribution is 2.54. The van der Waals surface area contributed by atoms with Crippen molar-refractivity contribution in [2.45, 2.75) is 97.4 Å². The molecule has 2 saturated heterocycles. The maximum Gasteiger partial charge on any atom is 0.339 e. The van der Waals surface area contributed by atoms with E-state index >= 15 is 0 Å². The van der Waals surface area contributed by atoms with Crippen LogP contribution in [0.1, 0.15) is 61.8 Å². The lowest BCUT2D eigenvalue weighted by molar-refractivity contribution is -0.278. The molecule has 274 valence electrons. The number of ether oxygens (including phenoxy) is 2. The average Bonchev–Trinajstić information content (AvgIpc) is 3.22. The Balaban J connectivity index is 1.94. The number of aliphatic hydroxyl groups excluding tert-OH is 2. The number of hydroxylamine groups is 2. The smallest absolute Gasteiger partial charge is 0.339 e. The largest absolute Gasteiger partial charge is 0.457 e. The van der Waals surface area contributed by atoms with Gasteiger partial charge in [0.15, 0.2) is 0 Å². The van der Waals surface area contributed by atoms with Crippen LogP contribution in [0.25, 0.3) is 0 Å². The lowest BCUT2D eigenvalue weighted by Crippen LogP contribution is -2.80. The molecule has 0 aromatic carbocycles. The van der Waals surface area contributed by atoms with Gasteiger partial charge in [0, 0.05) is 20.7 Å². The molecule has 2 rings (SSSR count). The molecule has 49 heavy (non-hydrogen) atoms. The van der Waals surface area contributed by atoms with E-state index in [1.807, 2.05) is 0 Å². The van der Waals surface area contributed by atoms with E-state index in [9.17, 15) is 29.7 Å². The Labute approximate surface area is 289 Å². The summed E-state index contributed by atoms with van der Waals surface area (Å²) in [5.74, 6) is -2.79. The van der Waals surface area contributed by atoms with E-state index in [1.165, 1.54) is 19.1 Å². The number of nitrogens with zero attached hydrogens (tertiary/aromatic N) is 2. The van der Waals surface area contributed by atoms with E-state index in [2.05, 4.69) is 5.32 Å². The molecular weight excluding hydrogens is 634 g/mol. The Morgan fingerprint density at radius 2 is 1.73 bits per heavy atom. The standard InChI is InChI=1S/C36H55N3O10/c1-22(26(5)39(46)47)17-13-11-14-18-23(2)30(41)34(7,8)32(43)37-20-16-12-15-19-28(40)24(3)21-29(48-10)36(45)25(4)31(42)38(9)35(36)27(6)49-33(35)44/h11-19,24-25,27-30,40-41,45-47H,20-21H2,1-10H3,(H,37,43)/b14-11?,16-12+,17-13?,19-15+,23-18?,26-22?/t24-,25+,27-,28+,29+,30-,35-,36-/m1/s1. The molecule has 13 nitrogen and oxygen atoms in total. The molecular formula is C36H55N3O10. The van der Waals surface area contributed by atoms with E-state index < -0.39 is 58.8 Å². The van der Waals surface area contributed by atoms with Crippen LogP contribution < -0.4 is 5.32 Å². The fraction of sp³-hybridized carbons (Fsp3) is 0.583. The van der Waals surface area contributed by atoms with Crippen molar-refractivity contribution in [1.29, 1.82) is 0 Å². The van der Waals surface area contributed by atoms with Crippen molar-refractivity contribution in [2.75, 3.05) is 20.7 Å². The van der Waals surface area contributed by atoms with E-state index in [0.717, 1.165) is 0 Å². The number of amides is 2. The summed E-state index contributed by atoms with van der Waals surface area (Å²) in [7, 11) is 2.88. The van der Waals surface area contributed by atoms with Crippen molar-refractivity contribution in [3.63, 3.8) is 0 Å². The second kappa shape index (κ2) is 16.9. The number of aliphatic hydroxyl groups is 3. The highest BCUT2D eigenvalue weighted by Gasteiger charge is 2.80. The molecule has 6 N–H and O–H groups in total. The fourth-order valence-corrected chi connectivity index (χ4v) is 6.48. The first-order valence-electron chi connectivity index (χ1n) is 16.3. The van der Waals surface area contributed by atoms with Crippen LogP contribution in [0.5, 0.6) is 0 Å². The van der Waals surface area contributed by atoms with Gasteiger partial charge >= 0.3 is 5.97 Å². The van der Waals surface area contributed by atoms with Gasteiger partial charge in [0.25, 0.3) is 0 Å². The van der Waals surface area contributed by atoms with Gasteiger partial charge in [-0.15, -0.1) is 5.23 Å². The molecule has 0 unspecified atom stereocenters. The molecule has 2 aliphatic heterocycles. The van der Waals surface area contributed by atoms with Crippen molar-refractivity contribution >= 4 is 17.8 Å². The van der Waals surface area contributed by atoms with Crippen LogP contribution in [0.4, 0.5) is 0 Å². The van der Waals surface area contributed by atoms with Crippen LogP contribution in [0, 0.1) is 17.3 Å². The lowest BCUT2D eigenvalue weighted by Gasteiger charge is -2.55. The molecule has 8 atom stereocenters. The maximum absolute atomic E-state index is 12.9. The van der Waals surface area contributed by atoms with E-state index in [-0.39, 0.29) is 35.7 Å². The van der Waals surface area contributed by atoms with Crippen LogP contribution in [0.3, 0.4) is 0 Å². The Morgan fingerprint density at radius 1 is 1.10 bits per heavy atom. The van der Waals surface area contributed by atoms with E-state index in [4.69, 9.17) is 19.9 Å². The molecule has 0 radical (unpaired) electrons. The molecule has 2 aliphatic rings. The van der Waals surface area contributed by atoms with Gasteiger partial charge in [-0.25, -0.2) is 4.79 Å². The zero-order valence-corrected chi connectivity index (χ0v) is 30.2. The number of rotatable bonds is 16. The topological polar surface area (TPSA) is 189 Å². The summed E-state index contributed by atoms with van der Waals surface area (Å²) in [6.45, 7) is 13.4. The third-order valence-electron chi connectivity index (χ3n) is 10.1. The number of carbonyl (C=O) groups is 3. The number of hydrogen-bond acceptors (Lipinski definition) is 11. The van der Waals surface area contributed by atoms with Gasteiger partial charge in [0.2, 0.25) is 17.4 Å². The van der Waals surface area contributed by atoms with Gasteiger partial charge < -0.3 is 35.0 Å². The predicted molar refractivity (Wildman–Crippen MR) is 183 cm³/mol. The predicted octanol–water partition coefficient (Wildman–Crippen LogP) is 2.96. The molecule has 2 heterocycles. The zero-order chi connectivity index (χ0) is 37.5. The highest BCUT2D eigenvalue weighted by atomic mass is 16.8. The minimum atomic E-state index is -1.87. The zero-order valence-electron chi connectivity index (χ0n) is 30.2. The Morgan fingerprint density at radius 3 is 2.29 bits per heavy atom. The number of esters is 1. The third-order valence-corrected chi connectivity index (χ3v) is 10.1. The number of hydrogen-bond donors (Lipinski definition) is 6. The van der Waals surface area contributed by atoms with Gasteiger partial charge in [-0.1, -0.05) is 68.5 Å². The van der Waals surface area contributed by atoms with Crippen LogP contribution in [-0.4, -0.2) is 110 Å². The van der Waals surface area contributed by atoms with Crippen LogP contribution in [0.2, 0.25) is 0 Å². The summed E-state index contributed by atoms with van der Waals surface area (Å²) in [6, 6.07) is 0. The number of likely N-dealkylation sites (N-methyl/N-ethyl adjacent to an activating group) is 1. The summed E-state index contributed by atoms with van der Waals surface area (Å²) < 4.78 is 10.9. The molecule has 0 aromatic rings. The summed E-state index contributed by atoms with van der Waals surface area (Å²) in [6.07, 6.45) is 11.5. The van der Waals surface area contributed by atoms with E-state index in [1.54, 1.807) is 110 Å². The monoisotopic (exact) mass is 689 g/mol. The number of allylic oxidation sites excluding steroid dienone is 9. The van der Waals surface area contributed by atoms with Crippen LogP contribution >= 0.6 is 0 Å². The Bertz CT molecular complexity index is 1400. The minimum absolute atomic E-state index is 0.0519. The second-order valence-corrected chi connectivity index (χ2v) is 13.5. The molecule has 0 saturated carbocycles. The molecule has 13 heteroatoms. The van der Waals surface area contributed by atoms with Crippen LogP contribution in [-0.2, 0) is 23.9 Å². The van der Waals surface area contributed by atoms with Gasteiger partial charge in [0.05, 0.1) is 35.3 Å². The summed E-state index contributed by atoms with van der Waals surface area (Å²) >= 11 is 0. The quantitative estimate of drug-likeness (QED) is 0.0794. The van der Waals surface area contributed by atoms with Gasteiger partial charge in [-0.2, -0.15) is 0 Å². The number of nitrogens with one attached hydrogen (secondary N) is 1. The number of carbonyl (C=O) groups excluding carboxylic acids is 3. The summed E-state index contributed by atoms with van der Waals surface area (Å²) in [5, 5.41) is 54.6. The molecule has 0 aliphatic carbocycles. The molecule has 0 aromatic heterocycles. The number of likely N-dealkylation sites (tertiary alicyclic amines) is 1. The van der Waals surface area contributed by atoms with Crippen molar-refractivity contribution in [2.24, 2.45) is 17.3 Å². The maximum atomic E-state index is 12.9. The van der Waals surface area contributed by atoms with Gasteiger partial charge in [-0.3, -0.25) is 20.0 Å². The summed E-state index contributed by atoms with van der Waals surface area (Å²) in [5.41, 5.74) is -3.08. The van der Waals surface area contributed by atoms with Crippen LogP contribution in [0.15, 0.2) is 71.5 Å². The van der Waals surface area contributed by atoms with Crippen molar-refractivity contribution in [1.82, 2.24) is 15.4 Å². The number of cyclic esters (lactones) is 1.